The molecule has 1 N–H and O–H groups in total. The molecule has 1 aromatic carbocycles. The number of aliphatic imine (C=N–C) groups is 1. The Kier molecular flexibility index (Phi) is 4.09. The van der Waals surface area contributed by atoms with E-state index in [2.05, 4.69) is 10.3 Å². The summed E-state index contributed by atoms with van der Waals surface area (Å²) >= 11 is 7.42. The van der Waals surface area contributed by atoms with Gasteiger partial charge in [0.2, 0.25) is 0 Å². The van der Waals surface area contributed by atoms with Crippen molar-refractivity contribution in [2.75, 3.05) is 0 Å². The second-order valence-corrected chi connectivity index (χ2v) is 6.35. The molecule has 2 heterocycles. The van der Waals surface area contributed by atoms with E-state index in [-0.39, 0.29) is 5.91 Å². The maximum absolute atomic E-state index is 12.0. The van der Waals surface area contributed by atoms with E-state index in [1.807, 2.05) is 61.1 Å². The average molecular weight is 332 g/mol. The molecule has 0 saturated carbocycles. The standard InChI is InChI=1S/C16H14ClN3OS/c1-10-12(17)6-3-7-13(10)18-16-19-15(21)14(22-16)9-11-5-4-8-20(11)2/h3-9H,1-2H3,(H,18,19,21)/b14-9-. The average Bonchev–Trinajstić information content (AvgIpc) is 3.03. The molecule has 0 spiro atoms. The Hall–Kier alpha value is -1.98. The number of amidine groups is 1. The summed E-state index contributed by atoms with van der Waals surface area (Å²) in [5, 5.41) is 4.01. The van der Waals surface area contributed by atoms with Gasteiger partial charge in [-0.1, -0.05) is 17.7 Å². The summed E-state index contributed by atoms with van der Waals surface area (Å²) in [5.41, 5.74) is 2.62. The molecule has 0 aliphatic carbocycles. The third-order valence-electron chi connectivity index (χ3n) is 3.37. The third kappa shape index (κ3) is 2.96. The number of thioether (sulfide) groups is 1. The molecule has 22 heavy (non-hydrogen) atoms. The first-order valence-corrected chi connectivity index (χ1v) is 7.90. The van der Waals surface area contributed by atoms with Gasteiger partial charge in [-0.25, -0.2) is 4.99 Å². The molecule has 0 atom stereocenters. The monoisotopic (exact) mass is 331 g/mol. The van der Waals surface area contributed by atoms with Gasteiger partial charge in [0.15, 0.2) is 5.17 Å². The summed E-state index contributed by atoms with van der Waals surface area (Å²) in [6.45, 7) is 1.91. The maximum Gasteiger partial charge on any atom is 0.264 e. The lowest BCUT2D eigenvalue weighted by atomic mass is 10.2. The Morgan fingerprint density at radius 1 is 1.32 bits per heavy atom. The molecule has 6 heteroatoms. The van der Waals surface area contributed by atoms with Crippen LogP contribution in [-0.4, -0.2) is 15.6 Å². The van der Waals surface area contributed by atoms with Crippen LogP contribution in [0.2, 0.25) is 5.02 Å². The van der Waals surface area contributed by atoms with Gasteiger partial charge in [0.1, 0.15) is 0 Å². The molecule has 1 aliphatic rings. The van der Waals surface area contributed by atoms with Crippen LogP contribution in [0.1, 0.15) is 11.3 Å². The van der Waals surface area contributed by atoms with E-state index in [1.54, 1.807) is 0 Å². The number of aryl methyl sites for hydroxylation is 1. The van der Waals surface area contributed by atoms with Gasteiger partial charge in [-0.2, -0.15) is 0 Å². The normalized spacial score (nSPS) is 18.2. The van der Waals surface area contributed by atoms with E-state index in [1.165, 1.54) is 11.8 Å². The molecule has 0 radical (unpaired) electrons. The highest BCUT2D eigenvalue weighted by Crippen LogP contribution is 2.31. The van der Waals surface area contributed by atoms with Crippen molar-refractivity contribution >= 4 is 46.2 Å². The van der Waals surface area contributed by atoms with Crippen molar-refractivity contribution in [2.24, 2.45) is 12.0 Å². The number of nitrogens with zero attached hydrogens (tertiary/aromatic N) is 2. The fraction of sp³-hybridized carbons (Fsp3) is 0.125. The lowest BCUT2D eigenvalue weighted by molar-refractivity contribution is -0.115. The van der Waals surface area contributed by atoms with Gasteiger partial charge >= 0.3 is 0 Å². The highest BCUT2D eigenvalue weighted by molar-refractivity contribution is 8.18. The van der Waals surface area contributed by atoms with Crippen LogP contribution in [0.4, 0.5) is 5.69 Å². The molecule has 2 aromatic rings. The molecular weight excluding hydrogens is 318 g/mol. The molecule has 1 amide bonds. The van der Waals surface area contributed by atoms with Crippen LogP contribution in [0, 0.1) is 6.92 Å². The van der Waals surface area contributed by atoms with Gasteiger partial charge < -0.3 is 9.88 Å². The summed E-state index contributed by atoms with van der Waals surface area (Å²) in [6, 6.07) is 9.43. The Labute approximate surface area is 137 Å². The van der Waals surface area contributed by atoms with Crippen LogP contribution in [-0.2, 0) is 11.8 Å². The SMILES string of the molecule is Cc1c(Cl)cccc1N=C1NC(=O)/C(=C/c2cccn2C)S1. The predicted octanol–water partition coefficient (Wildman–Crippen LogP) is 3.88. The molecule has 3 rings (SSSR count). The summed E-state index contributed by atoms with van der Waals surface area (Å²) in [6.07, 6.45) is 3.79. The quantitative estimate of drug-likeness (QED) is 0.849. The second kappa shape index (κ2) is 6.02. The topological polar surface area (TPSA) is 46.4 Å². The van der Waals surface area contributed by atoms with Crippen molar-refractivity contribution in [1.82, 2.24) is 9.88 Å². The largest absolute Gasteiger partial charge is 0.351 e. The fourth-order valence-electron chi connectivity index (χ4n) is 2.07. The van der Waals surface area contributed by atoms with E-state index in [0.29, 0.717) is 15.1 Å². The number of hydrogen-bond donors (Lipinski definition) is 1. The number of amides is 1. The van der Waals surface area contributed by atoms with Gasteiger partial charge in [0, 0.05) is 24.0 Å². The van der Waals surface area contributed by atoms with Gasteiger partial charge in [-0.15, -0.1) is 0 Å². The number of halogens is 1. The Bertz CT molecular complexity index is 807. The zero-order chi connectivity index (χ0) is 15.7. The van der Waals surface area contributed by atoms with Gasteiger partial charge in [-0.05, 0) is 54.6 Å². The van der Waals surface area contributed by atoms with E-state index < -0.39 is 0 Å². The van der Waals surface area contributed by atoms with Crippen LogP contribution < -0.4 is 5.32 Å². The van der Waals surface area contributed by atoms with E-state index in [0.717, 1.165) is 16.9 Å². The lowest BCUT2D eigenvalue weighted by Crippen LogP contribution is -2.19. The summed E-state index contributed by atoms with van der Waals surface area (Å²) < 4.78 is 1.96. The zero-order valence-electron chi connectivity index (χ0n) is 12.1. The minimum atomic E-state index is -0.135. The lowest BCUT2D eigenvalue weighted by Gasteiger charge is -2.02. The van der Waals surface area contributed by atoms with Gasteiger partial charge in [0.05, 0.1) is 10.6 Å². The van der Waals surface area contributed by atoms with Crippen LogP contribution in [0.3, 0.4) is 0 Å². The first kappa shape index (κ1) is 14.9. The molecule has 112 valence electrons. The van der Waals surface area contributed by atoms with Gasteiger partial charge in [-0.3, -0.25) is 4.79 Å². The van der Waals surface area contributed by atoms with E-state index in [9.17, 15) is 4.79 Å². The highest BCUT2D eigenvalue weighted by Gasteiger charge is 2.24. The molecule has 0 bridgehead atoms. The van der Waals surface area contributed by atoms with Crippen LogP contribution in [0.5, 0.6) is 0 Å². The highest BCUT2D eigenvalue weighted by atomic mass is 35.5. The van der Waals surface area contributed by atoms with Crippen molar-refractivity contribution in [2.45, 2.75) is 6.92 Å². The van der Waals surface area contributed by atoms with Crippen LogP contribution >= 0.6 is 23.4 Å². The predicted molar refractivity (Wildman–Crippen MR) is 92.4 cm³/mol. The Balaban J connectivity index is 1.89. The number of benzene rings is 1. The summed E-state index contributed by atoms with van der Waals surface area (Å²) in [5.74, 6) is -0.135. The Morgan fingerprint density at radius 2 is 2.14 bits per heavy atom. The minimum absolute atomic E-state index is 0.135. The molecule has 1 aliphatic heterocycles. The maximum atomic E-state index is 12.0. The first-order valence-electron chi connectivity index (χ1n) is 6.70. The number of rotatable bonds is 2. The molecule has 1 aromatic heterocycles. The summed E-state index contributed by atoms with van der Waals surface area (Å²) in [4.78, 5) is 17.2. The number of aromatic nitrogens is 1. The van der Waals surface area contributed by atoms with Crippen LogP contribution in [0.25, 0.3) is 6.08 Å². The smallest absolute Gasteiger partial charge is 0.264 e. The molecule has 0 unspecified atom stereocenters. The first-order chi connectivity index (χ1) is 10.5. The molecular formula is C16H14ClN3OS. The minimum Gasteiger partial charge on any atom is -0.351 e. The Morgan fingerprint density at radius 3 is 2.86 bits per heavy atom. The number of nitrogens with one attached hydrogen (secondary N) is 1. The van der Waals surface area contributed by atoms with Crippen molar-refractivity contribution in [3.05, 3.63) is 57.7 Å². The van der Waals surface area contributed by atoms with Gasteiger partial charge in [0.25, 0.3) is 5.91 Å². The molecule has 1 fully saturated rings. The number of carbonyl (C=O) groups is 1. The summed E-state index contributed by atoms with van der Waals surface area (Å²) in [7, 11) is 1.94. The number of carbonyl (C=O) groups excluding carboxylic acids is 1. The van der Waals surface area contributed by atoms with Crippen molar-refractivity contribution in [3.63, 3.8) is 0 Å². The van der Waals surface area contributed by atoms with E-state index in [4.69, 9.17) is 11.6 Å². The number of hydrogen-bond acceptors (Lipinski definition) is 3. The van der Waals surface area contributed by atoms with Crippen LogP contribution in [0.15, 0.2) is 46.4 Å². The van der Waals surface area contributed by atoms with Crippen molar-refractivity contribution < 1.29 is 4.79 Å². The van der Waals surface area contributed by atoms with Crippen molar-refractivity contribution in [3.8, 4) is 0 Å². The van der Waals surface area contributed by atoms with E-state index >= 15 is 0 Å². The molecule has 1 saturated heterocycles. The molecule has 4 nitrogen and oxygen atoms in total. The second-order valence-electron chi connectivity index (χ2n) is 4.91. The van der Waals surface area contributed by atoms with Crippen molar-refractivity contribution in [1.29, 1.82) is 0 Å². The third-order valence-corrected chi connectivity index (χ3v) is 4.69. The fourth-order valence-corrected chi connectivity index (χ4v) is 3.05. The zero-order valence-corrected chi connectivity index (χ0v) is 13.7.